The summed E-state index contributed by atoms with van der Waals surface area (Å²) in [6.45, 7) is 0.0729. The average Bonchev–Trinajstić information content (AvgIpc) is 1.31. The van der Waals surface area contributed by atoms with Crippen LogP contribution in [0, 0.1) is 0 Å². The Morgan fingerprint density at radius 1 is 2.00 bits per heavy atom. The van der Waals surface area contributed by atoms with E-state index in [1.807, 2.05) is 0 Å². The molecule has 0 saturated carbocycles. The molecule has 0 aromatic rings. The summed E-state index contributed by atoms with van der Waals surface area (Å²) in [6, 6.07) is 0. The Kier molecular flexibility index (Phi) is 0.725. The van der Waals surface area contributed by atoms with Gasteiger partial charge in [-0.15, -0.1) is 5.57 Å². The molecule has 1 rings (SSSR count). The molecule has 0 aromatic carbocycles. The maximum atomic E-state index is 8.20. The van der Waals surface area contributed by atoms with Crippen LogP contribution in [0.2, 0.25) is 0 Å². The Morgan fingerprint density at radius 3 is 2.67 bits per heavy atom. The highest BCUT2D eigenvalue weighted by Gasteiger charge is 1.83. The van der Waals surface area contributed by atoms with E-state index in [4.69, 9.17) is 5.11 Å². The van der Waals surface area contributed by atoms with Crippen LogP contribution in [0.3, 0.4) is 0 Å². The fourth-order valence-electron chi connectivity index (χ4n) is 0.232. The smallest absolute Gasteiger partial charge is 0.0485 e. The highest BCUT2D eigenvalue weighted by molar-refractivity contribution is 5.84. The number of nitrogens with zero attached hydrogens (tertiary/aromatic N) is 1. The maximum absolute atomic E-state index is 8.20. The van der Waals surface area contributed by atoms with E-state index in [2.05, 4.69) is 11.2 Å². The normalized spacial score (nSPS) is 16.5. The van der Waals surface area contributed by atoms with Crippen LogP contribution in [0.4, 0.5) is 0 Å². The summed E-state index contributed by atoms with van der Waals surface area (Å²) in [5.74, 6) is 0. The molecule has 1 aliphatic heterocycles. The molecule has 0 unspecified atom stereocenters. The lowest BCUT2D eigenvalue weighted by molar-refractivity contribution is 0.336. The third kappa shape index (κ3) is 0.348. The largest absolute Gasteiger partial charge is 0.394 e. The van der Waals surface area contributed by atoms with Crippen molar-refractivity contribution in [3.8, 4) is 0 Å². The number of hydrogen-bond donors (Lipinski definition) is 1. The molecule has 0 fully saturated rings. The molecule has 1 N–H and O–H groups in total. The molecule has 32 valence electrons. The van der Waals surface area contributed by atoms with Crippen molar-refractivity contribution < 1.29 is 5.11 Å². The molecule has 0 atom stereocenters. The molecule has 0 aliphatic carbocycles. The van der Waals surface area contributed by atoms with Gasteiger partial charge < -0.3 is 10.1 Å². The molecule has 0 amide bonds. The fourth-order valence-corrected chi connectivity index (χ4v) is 0.232. The van der Waals surface area contributed by atoms with Gasteiger partial charge in [0.2, 0.25) is 0 Å². The predicted octanol–water partition coefficient (Wildman–Crippen LogP) is -0.176. The fraction of sp³-hybridized carbons (Fsp3) is 0.250. The molecule has 1 aliphatic rings. The summed E-state index contributed by atoms with van der Waals surface area (Å²) in [6.07, 6.45) is 4.11. The second kappa shape index (κ2) is 1.22. The number of aliphatic hydroxyl groups is 1. The molecule has 0 saturated heterocycles. The number of aliphatic hydroxyl groups excluding tert-OH is 1. The van der Waals surface area contributed by atoms with Crippen LogP contribution in [0.1, 0.15) is 0 Å². The first-order valence-corrected chi connectivity index (χ1v) is 1.69. The monoisotopic (exact) mass is 82.0 g/mol. The first-order chi connectivity index (χ1) is 2.93. The third-order valence-electron chi connectivity index (χ3n) is 0.599. The van der Waals surface area contributed by atoms with E-state index in [9.17, 15) is 0 Å². The van der Waals surface area contributed by atoms with Crippen molar-refractivity contribution in [1.29, 1.82) is 0 Å². The molecular weight excluding hydrogens is 78.0 g/mol. The van der Waals surface area contributed by atoms with Crippen LogP contribution < -0.4 is 0 Å². The second-order valence-corrected chi connectivity index (χ2v) is 1.05. The van der Waals surface area contributed by atoms with E-state index in [1.54, 1.807) is 6.20 Å². The van der Waals surface area contributed by atoms with Gasteiger partial charge in [0.15, 0.2) is 0 Å². The molecular formula is C4H4NO-. The SMILES string of the molecule is OCC1=CN=[C-]1. The second-order valence-electron chi connectivity index (χ2n) is 1.05. The minimum Gasteiger partial charge on any atom is -0.394 e. The van der Waals surface area contributed by atoms with Crippen molar-refractivity contribution in [1.82, 2.24) is 0 Å². The van der Waals surface area contributed by atoms with Gasteiger partial charge in [-0.3, -0.25) is 0 Å². The quantitative estimate of drug-likeness (QED) is 0.437. The topological polar surface area (TPSA) is 32.6 Å². The zero-order valence-corrected chi connectivity index (χ0v) is 3.18. The molecule has 2 nitrogen and oxygen atoms in total. The Hall–Kier alpha value is -0.630. The average molecular weight is 82.1 g/mol. The van der Waals surface area contributed by atoms with Gasteiger partial charge in [0, 0.05) is 6.61 Å². The Morgan fingerprint density at radius 2 is 2.67 bits per heavy atom. The standard InChI is InChI=1S/C4H4NO/c6-3-4-1-5-2-4/h1,6H,3H2/q-1. The van der Waals surface area contributed by atoms with Gasteiger partial charge in [-0.05, 0) is 0 Å². The van der Waals surface area contributed by atoms with E-state index < -0.39 is 0 Å². The molecule has 0 aromatic heterocycles. The van der Waals surface area contributed by atoms with Gasteiger partial charge in [0.05, 0.1) is 0 Å². The third-order valence-corrected chi connectivity index (χ3v) is 0.599. The minimum absolute atomic E-state index is 0.0729. The van der Waals surface area contributed by atoms with Crippen LogP contribution in [0.5, 0.6) is 0 Å². The zero-order chi connectivity index (χ0) is 4.41. The van der Waals surface area contributed by atoms with Gasteiger partial charge in [-0.2, -0.15) is 0 Å². The lowest BCUT2D eigenvalue weighted by Gasteiger charge is -2.06. The minimum atomic E-state index is 0.0729. The van der Waals surface area contributed by atoms with Crippen molar-refractivity contribution in [2.45, 2.75) is 0 Å². The van der Waals surface area contributed by atoms with Crippen molar-refractivity contribution in [2.75, 3.05) is 6.61 Å². The van der Waals surface area contributed by atoms with E-state index >= 15 is 0 Å². The van der Waals surface area contributed by atoms with Gasteiger partial charge in [0.25, 0.3) is 0 Å². The van der Waals surface area contributed by atoms with Gasteiger partial charge in [-0.25, -0.2) is 0 Å². The van der Waals surface area contributed by atoms with Crippen LogP contribution in [0.15, 0.2) is 16.8 Å². The summed E-state index contributed by atoms with van der Waals surface area (Å²) in [5, 5.41) is 8.20. The number of rotatable bonds is 1. The first kappa shape index (κ1) is 3.56. The first-order valence-electron chi connectivity index (χ1n) is 1.69. The number of aliphatic imine (C=N–C) groups is 1. The van der Waals surface area contributed by atoms with E-state index in [1.165, 1.54) is 0 Å². The van der Waals surface area contributed by atoms with Crippen molar-refractivity contribution in [3.05, 3.63) is 11.8 Å². The molecule has 0 bridgehead atoms. The molecule has 2 heteroatoms. The lowest BCUT2D eigenvalue weighted by Crippen LogP contribution is -1.96. The highest BCUT2D eigenvalue weighted by atomic mass is 16.3. The lowest BCUT2D eigenvalue weighted by atomic mass is 10.3. The Labute approximate surface area is 35.8 Å². The van der Waals surface area contributed by atoms with Crippen LogP contribution in [0.25, 0.3) is 0 Å². The predicted molar refractivity (Wildman–Crippen MR) is 22.6 cm³/mol. The van der Waals surface area contributed by atoms with Crippen molar-refractivity contribution in [2.24, 2.45) is 4.99 Å². The van der Waals surface area contributed by atoms with Crippen molar-refractivity contribution >= 4 is 6.21 Å². The van der Waals surface area contributed by atoms with E-state index in [0.29, 0.717) is 0 Å². The Balaban J connectivity index is 2.37. The van der Waals surface area contributed by atoms with Gasteiger partial charge in [-0.1, -0.05) is 12.4 Å². The van der Waals surface area contributed by atoms with Crippen LogP contribution in [-0.2, 0) is 0 Å². The molecule has 6 heavy (non-hydrogen) atoms. The molecule has 0 radical (unpaired) electrons. The summed E-state index contributed by atoms with van der Waals surface area (Å²) < 4.78 is 0. The highest BCUT2D eigenvalue weighted by Crippen LogP contribution is 1.96. The van der Waals surface area contributed by atoms with Crippen LogP contribution >= 0.6 is 0 Å². The van der Waals surface area contributed by atoms with E-state index in [-0.39, 0.29) is 6.61 Å². The molecule has 0 spiro atoms. The van der Waals surface area contributed by atoms with Crippen molar-refractivity contribution in [3.63, 3.8) is 0 Å². The Bertz CT molecular complexity index is 104. The van der Waals surface area contributed by atoms with Crippen LogP contribution in [-0.4, -0.2) is 17.9 Å². The summed E-state index contributed by atoms with van der Waals surface area (Å²) >= 11 is 0. The molecule has 1 heterocycles. The van der Waals surface area contributed by atoms with E-state index in [0.717, 1.165) is 5.57 Å². The summed E-state index contributed by atoms with van der Waals surface area (Å²) in [4.78, 5) is 3.50. The van der Waals surface area contributed by atoms with Gasteiger partial charge in [0.1, 0.15) is 0 Å². The summed E-state index contributed by atoms with van der Waals surface area (Å²) in [5.41, 5.74) is 0.787. The number of hydrogen-bond acceptors (Lipinski definition) is 2. The summed E-state index contributed by atoms with van der Waals surface area (Å²) in [7, 11) is 0. The maximum Gasteiger partial charge on any atom is 0.0485 e. The zero-order valence-electron chi connectivity index (χ0n) is 3.18. The van der Waals surface area contributed by atoms with Gasteiger partial charge >= 0.3 is 0 Å².